The van der Waals surface area contributed by atoms with Crippen LogP contribution in [0, 0.1) is 13.8 Å². The van der Waals surface area contributed by atoms with E-state index in [-0.39, 0.29) is 4.90 Å². The Labute approximate surface area is 107 Å². The molecule has 0 aliphatic rings. The van der Waals surface area contributed by atoms with E-state index in [1.54, 1.807) is 43.0 Å². The average Bonchev–Trinajstić information content (AvgIpc) is 2.66. The maximum atomic E-state index is 12.2. The quantitative estimate of drug-likeness (QED) is 0.921. The van der Waals surface area contributed by atoms with E-state index < -0.39 is 10.0 Å². The summed E-state index contributed by atoms with van der Waals surface area (Å²) in [6.07, 6.45) is 1.68. The molecule has 1 aromatic heterocycles. The van der Waals surface area contributed by atoms with Crippen molar-refractivity contribution in [3.63, 3.8) is 0 Å². The van der Waals surface area contributed by atoms with Crippen LogP contribution in [0.5, 0.6) is 0 Å². The molecule has 6 heteroatoms. The number of benzene rings is 1. The lowest BCUT2D eigenvalue weighted by molar-refractivity contribution is 0.600. The first-order valence-electron chi connectivity index (χ1n) is 5.48. The van der Waals surface area contributed by atoms with Gasteiger partial charge in [0, 0.05) is 19.3 Å². The minimum absolute atomic E-state index is 0.285. The van der Waals surface area contributed by atoms with Gasteiger partial charge in [0.05, 0.1) is 4.90 Å². The number of nitrogens with one attached hydrogen (secondary N) is 1. The molecule has 0 atom stereocenters. The lowest BCUT2D eigenvalue weighted by atomic mass is 10.2. The molecule has 1 N–H and O–H groups in total. The third-order valence-corrected chi connectivity index (χ3v) is 4.08. The molecular weight excluding hydrogens is 250 g/mol. The number of aryl methyl sites for hydroxylation is 3. The molecule has 1 aromatic carbocycles. The van der Waals surface area contributed by atoms with Gasteiger partial charge >= 0.3 is 0 Å². The largest absolute Gasteiger partial charge is 0.274 e. The number of hydrogen-bond donors (Lipinski definition) is 1. The molecule has 5 nitrogen and oxygen atoms in total. The predicted octanol–water partition coefficient (Wildman–Crippen LogP) is 1.84. The third kappa shape index (κ3) is 2.53. The molecule has 18 heavy (non-hydrogen) atoms. The molecular formula is C12H15N3O2S. The van der Waals surface area contributed by atoms with Gasteiger partial charge in [-0.25, -0.2) is 8.42 Å². The van der Waals surface area contributed by atoms with Gasteiger partial charge < -0.3 is 0 Å². The van der Waals surface area contributed by atoms with Crippen LogP contribution in [0.15, 0.2) is 35.4 Å². The zero-order valence-corrected chi connectivity index (χ0v) is 11.3. The second-order valence-corrected chi connectivity index (χ2v) is 5.90. The second-order valence-electron chi connectivity index (χ2n) is 4.25. The molecule has 0 aliphatic carbocycles. The minimum Gasteiger partial charge on any atom is -0.274 e. The van der Waals surface area contributed by atoms with Crippen molar-refractivity contribution >= 4 is 15.8 Å². The van der Waals surface area contributed by atoms with Crippen LogP contribution in [0.25, 0.3) is 0 Å². The van der Waals surface area contributed by atoms with Gasteiger partial charge in [0.15, 0.2) is 5.82 Å². The van der Waals surface area contributed by atoms with E-state index in [2.05, 4.69) is 9.82 Å². The van der Waals surface area contributed by atoms with Gasteiger partial charge in [0.25, 0.3) is 10.0 Å². The van der Waals surface area contributed by atoms with E-state index in [9.17, 15) is 8.42 Å². The minimum atomic E-state index is -3.58. The number of sulfonamides is 1. The Hall–Kier alpha value is -1.82. The summed E-state index contributed by atoms with van der Waals surface area (Å²) in [7, 11) is -1.85. The van der Waals surface area contributed by atoms with Crippen molar-refractivity contribution in [1.29, 1.82) is 0 Å². The van der Waals surface area contributed by atoms with Crippen LogP contribution in [-0.2, 0) is 17.1 Å². The third-order valence-electron chi connectivity index (χ3n) is 2.59. The second kappa shape index (κ2) is 4.45. The Morgan fingerprint density at radius 3 is 2.56 bits per heavy atom. The number of rotatable bonds is 3. The molecule has 2 aromatic rings. The Balaban J connectivity index is 2.39. The molecule has 0 bridgehead atoms. The summed E-state index contributed by atoms with van der Waals surface area (Å²) in [5, 5.41) is 4.00. The zero-order valence-electron chi connectivity index (χ0n) is 10.5. The molecule has 0 unspecified atom stereocenters. The Morgan fingerprint density at radius 1 is 1.22 bits per heavy atom. The first-order chi connectivity index (χ1) is 8.38. The number of hydrogen-bond acceptors (Lipinski definition) is 3. The molecule has 0 radical (unpaired) electrons. The smallest absolute Gasteiger partial charge is 0.263 e. The molecule has 0 spiro atoms. The van der Waals surface area contributed by atoms with Gasteiger partial charge in [-0.3, -0.25) is 9.40 Å². The summed E-state index contributed by atoms with van der Waals surface area (Å²) in [6.45, 7) is 3.63. The van der Waals surface area contributed by atoms with Crippen molar-refractivity contribution in [1.82, 2.24) is 9.78 Å². The van der Waals surface area contributed by atoms with Gasteiger partial charge in [-0.1, -0.05) is 12.1 Å². The molecule has 0 aliphatic heterocycles. The highest BCUT2D eigenvalue weighted by Crippen LogP contribution is 2.19. The van der Waals surface area contributed by atoms with Crippen molar-refractivity contribution in [2.75, 3.05) is 4.72 Å². The topological polar surface area (TPSA) is 64.0 Å². The van der Waals surface area contributed by atoms with Gasteiger partial charge in [-0.15, -0.1) is 0 Å². The molecule has 0 amide bonds. The van der Waals surface area contributed by atoms with E-state index >= 15 is 0 Å². The lowest BCUT2D eigenvalue weighted by Crippen LogP contribution is -2.15. The summed E-state index contributed by atoms with van der Waals surface area (Å²) >= 11 is 0. The Bertz CT molecular complexity index is 674. The van der Waals surface area contributed by atoms with E-state index in [0.29, 0.717) is 11.4 Å². The van der Waals surface area contributed by atoms with Crippen LogP contribution in [-0.4, -0.2) is 18.2 Å². The standard InChI is InChI=1S/C12H15N3O2S/c1-9-4-5-10(2)11(8-9)18(16,17)14-12-6-7-15(3)13-12/h4-8H,1-3H3,(H,13,14). The number of anilines is 1. The molecule has 1 heterocycles. The van der Waals surface area contributed by atoms with Crippen molar-refractivity contribution in [2.24, 2.45) is 7.05 Å². The molecule has 96 valence electrons. The summed E-state index contributed by atoms with van der Waals surface area (Å²) in [6, 6.07) is 6.95. The SMILES string of the molecule is Cc1ccc(C)c(S(=O)(=O)Nc2ccn(C)n2)c1. The molecule has 0 saturated carbocycles. The fraction of sp³-hybridized carbons (Fsp3) is 0.250. The summed E-state index contributed by atoms with van der Waals surface area (Å²) < 4.78 is 28.5. The molecule has 2 rings (SSSR count). The summed E-state index contributed by atoms with van der Waals surface area (Å²) in [5.41, 5.74) is 1.62. The molecule has 0 saturated heterocycles. The van der Waals surface area contributed by atoms with Crippen molar-refractivity contribution in [3.05, 3.63) is 41.6 Å². The van der Waals surface area contributed by atoms with Crippen LogP contribution in [0.4, 0.5) is 5.82 Å². The van der Waals surface area contributed by atoms with Gasteiger partial charge in [0.2, 0.25) is 0 Å². The summed E-state index contributed by atoms with van der Waals surface area (Å²) in [4.78, 5) is 0.285. The van der Waals surface area contributed by atoms with Crippen LogP contribution in [0.1, 0.15) is 11.1 Å². The lowest BCUT2D eigenvalue weighted by Gasteiger charge is -2.09. The Kier molecular flexibility index (Phi) is 3.13. The van der Waals surface area contributed by atoms with E-state index in [4.69, 9.17) is 0 Å². The van der Waals surface area contributed by atoms with Crippen LogP contribution < -0.4 is 4.72 Å². The first kappa shape index (κ1) is 12.6. The Morgan fingerprint density at radius 2 is 1.94 bits per heavy atom. The average molecular weight is 265 g/mol. The van der Waals surface area contributed by atoms with E-state index in [1.165, 1.54) is 0 Å². The zero-order chi connectivity index (χ0) is 13.3. The number of aromatic nitrogens is 2. The van der Waals surface area contributed by atoms with Crippen molar-refractivity contribution in [2.45, 2.75) is 18.7 Å². The van der Waals surface area contributed by atoms with Crippen molar-refractivity contribution < 1.29 is 8.42 Å². The number of nitrogens with zero attached hydrogens (tertiary/aromatic N) is 2. The van der Waals surface area contributed by atoms with E-state index in [1.807, 2.05) is 13.0 Å². The van der Waals surface area contributed by atoms with Crippen LogP contribution in [0.3, 0.4) is 0 Å². The normalized spacial score (nSPS) is 11.5. The van der Waals surface area contributed by atoms with Gasteiger partial charge in [-0.05, 0) is 31.0 Å². The predicted molar refractivity (Wildman–Crippen MR) is 69.9 cm³/mol. The molecule has 0 fully saturated rings. The summed E-state index contributed by atoms with van der Waals surface area (Å²) in [5.74, 6) is 0.318. The van der Waals surface area contributed by atoms with Gasteiger partial charge in [-0.2, -0.15) is 5.10 Å². The fourth-order valence-corrected chi connectivity index (χ4v) is 2.99. The maximum Gasteiger partial charge on any atom is 0.263 e. The van der Waals surface area contributed by atoms with Crippen LogP contribution in [0.2, 0.25) is 0 Å². The van der Waals surface area contributed by atoms with Gasteiger partial charge in [0.1, 0.15) is 0 Å². The first-order valence-corrected chi connectivity index (χ1v) is 6.96. The van der Waals surface area contributed by atoms with E-state index in [0.717, 1.165) is 5.56 Å². The van der Waals surface area contributed by atoms with Crippen molar-refractivity contribution in [3.8, 4) is 0 Å². The highest BCUT2D eigenvalue weighted by atomic mass is 32.2. The van der Waals surface area contributed by atoms with Crippen LogP contribution >= 0.6 is 0 Å². The highest BCUT2D eigenvalue weighted by molar-refractivity contribution is 7.92. The highest BCUT2D eigenvalue weighted by Gasteiger charge is 2.17. The maximum absolute atomic E-state index is 12.2. The monoisotopic (exact) mass is 265 g/mol. The fourth-order valence-electron chi connectivity index (χ4n) is 1.66.